The molecule has 3 atom stereocenters. The van der Waals surface area contributed by atoms with Gasteiger partial charge < -0.3 is 24.3 Å². The number of pyridine rings is 1. The molecular weight excluding hydrogens is 467 g/mol. The Kier molecular flexibility index (Phi) is 7.41. The van der Waals surface area contributed by atoms with Gasteiger partial charge >= 0.3 is 0 Å². The average molecular weight is 497 g/mol. The van der Waals surface area contributed by atoms with E-state index in [1.807, 2.05) is 0 Å². The van der Waals surface area contributed by atoms with Gasteiger partial charge in [-0.1, -0.05) is 6.07 Å². The maximum absolute atomic E-state index is 14.9. The highest BCUT2D eigenvalue weighted by molar-refractivity contribution is 5.96. The number of rotatable bonds is 8. The molecule has 3 aromatic rings. The first kappa shape index (κ1) is 24.5. The second-order valence-electron chi connectivity index (χ2n) is 9.40. The second-order valence-corrected chi connectivity index (χ2v) is 9.40. The molecule has 2 aliphatic rings. The molecular formula is C27H29FN2O6. The Balaban J connectivity index is 1.31. The topological polar surface area (TPSA) is 111 Å². The van der Waals surface area contributed by atoms with E-state index >= 15 is 0 Å². The van der Waals surface area contributed by atoms with Crippen LogP contribution in [-0.2, 0) is 15.9 Å². The van der Waals surface area contributed by atoms with E-state index in [0.29, 0.717) is 41.7 Å². The number of hydrogen-bond acceptors (Lipinski definition) is 7. The van der Waals surface area contributed by atoms with Gasteiger partial charge in [-0.25, -0.2) is 9.37 Å². The normalized spacial score (nSPS) is 22.1. The molecule has 2 aliphatic heterocycles. The Morgan fingerprint density at radius 1 is 1.17 bits per heavy atom. The monoisotopic (exact) mass is 496 g/mol. The van der Waals surface area contributed by atoms with Crippen molar-refractivity contribution in [2.45, 2.75) is 56.8 Å². The SMILES string of the molecule is O=C(N[C@H]1CCOC[C@@H]1O)c1cc(Cc2ccc(C(=O)CC[C@@H]3CCCO3)c(F)c2)c2occc2n1. The highest BCUT2D eigenvalue weighted by Crippen LogP contribution is 2.25. The van der Waals surface area contributed by atoms with E-state index in [4.69, 9.17) is 13.9 Å². The first-order valence-electron chi connectivity index (χ1n) is 12.3. The standard InChI is InChI=1S/C27H29FN2O6/c28-20-13-16(3-5-19(20)24(31)6-4-18-2-1-9-35-18)12-17-14-23(29-22-8-11-36-26(17)22)27(33)30-21-7-10-34-15-25(21)32/h3,5,8,11,13-14,18,21,25,32H,1-2,4,6-7,9-10,12,15H2,(H,30,33)/t18-,21-,25-/m0/s1. The molecule has 0 saturated carbocycles. The van der Waals surface area contributed by atoms with E-state index in [9.17, 15) is 19.1 Å². The quantitative estimate of drug-likeness (QED) is 0.459. The molecule has 5 rings (SSSR count). The van der Waals surface area contributed by atoms with E-state index in [2.05, 4.69) is 10.3 Å². The number of fused-ring (bicyclic) bond motifs is 1. The zero-order valence-electron chi connectivity index (χ0n) is 19.9. The van der Waals surface area contributed by atoms with Gasteiger partial charge in [-0.15, -0.1) is 0 Å². The molecule has 4 heterocycles. The van der Waals surface area contributed by atoms with Gasteiger partial charge in [-0.2, -0.15) is 0 Å². The number of ketones is 1. The van der Waals surface area contributed by atoms with Gasteiger partial charge in [0.25, 0.3) is 5.91 Å². The lowest BCUT2D eigenvalue weighted by Gasteiger charge is -2.28. The van der Waals surface area contributed by atoms with Crippen molar-refractivity contribution in [1.29, 1.82) is 0 Å². The Bertz CT molecular complexity index is 1250. The molecule has 190 valence electrons. The van der Waals surface area contributed by atoms with E-state index in [1.54, 1.807) is 18.2 Å². The molecule has 0 unspecified atom stereocenters. The number of aliphatic hydroxyl groups is 1. The minimum Gasteiger partial charge on any atom is -0.462 e. The molecule has 36 heavy (non-hydrogen) atoms. The molecule has 2 saturated heterocycles. The van der Waals surface area contributed by atoms with Crippen molar-refractivity contribution in [2.24, 2.45) is 0 Å². The summed E-state index contributed by atoms with van der Waals surface area (Å²) in [5.41, 5.74) is 2.57. The van der Waals surface area contributed by atoms with Crippen LogP contribution < -0.4 is 5.32 Å². The highest BCUT2D eigenvalue weighted by Gasteiger charge is 2.26. The smallest absolute Gasteiger partial charge is 0.270 e. The molecule has 1 amide bonds. The number of nitrogens with zero attached hydrogens (tertiary/aromatic N) is 1. The van der Waals surface area contributed by atoms with E-state index < -0.39 is 23.9 Å². The molecule has 0 aliphatic carbocycles. The lowest BCUT2D eigenvalue weighted by atomic mass is 9.98. The van der Waals surface area contributed by atoms with Crippen LogP contribution in [0.1, 0.15) is 64.1 Å². The molecule has 2 N–H and O–H groups in total. The average Bonchev–Trinajstić information content (AvgIpc) is 3.56. The minimum absolute atomic E-state index is 0.0738. The van der Waals surface area contributed by atoms with Crippen LogP contribution in [0.15, 0.2) is 41.0 Å². The number of nitrogens with one attached hydrogen (secondary N) is 1. The summed E-state index contributed by atoms with van der Waals surface area (Å²) < 4.78 is 31.2. The molecule has 2 fully saturated rings. The predicted molar refractivity (Wildman–Crippen MR) is 128 cm³/mol. The Hall–Kier alpha value is -3.14. The predicted octanol–water partition coefficient (Wildman–Crippen LogP) is 3.58. The first-order valence-corrected chi connectivity index (χ1v) is 12.3. The Labute approximate surface area is 207 Å². The Morgan fingerprint density at radius 2 is 2.06 bits per heavy atom. The van der Waals surface area contributed by atoms with Crippen molar-refractivity contribution in [3.63, 3.8) is 0 Å². The number of ether oxygens (including phenoxy) is 2. The maximum atomic E-state index is 14.9. The summed E-state index contributed by atoms with van der Waals surface area (Å²) in [5, 5.41) is 12.9. The van der Waals surface area contributed by atoms with E-state index in [0.717, 1.165) is 19.4 Å². The fraction of sp³-hybridized carbons (Fsp3) is 0.444. The number of hydrogen-bond donors (Lipinski definition) is 2. The van der Waals surface area contributed by atoms with Crippen molar-refractivity contribution in [3.8, 4) is 0 Å². The molecule has 0 radical (unpaired) electrons. The van der Waals surface area contributed by atoms with Gasteiger partial charge in [-0.05, 0) is 49.4 Å². The summed E-state index contributed by atoms with van der Waals surface area (Å²) >= 11 is 0. The number of carbonyl (C=O) groups excluding carboxylic acids is 2. The number of furan rings is 1. The fourth-order valence-electron chi connectivity index (χ4n) is 4.82. The number of carbonyl (C=O) groups is 2. The van der Waals surface area contributed by atoms with E-state index in [1.165, 1.54) is 18.4 Å². The fourth-order valence-corrected chi connectivity index (χ4v) is 4.82. The van der Waals surface area contributed by atoms with Crippen LogP contribution in [0.4, 0.5) is 4.39 Å². The van der Waals surface area contributed by atoms with Gasteiger partial charge in [0.1, 0.15) is 17.0 Å². The number of aromatic nitrogens is 1. The summed E-state index contributed by atoms with van der Waals surface area (Å²) in [6, 6.07) is 7.45. The van der Waals surface area contributed by atoms with Gasteiger partial charge in [-0.3, -0.25) is 9.59 Å². The number of halogens is 1. The van der Waals surface area contributed by atoms with Crippen LogP contribution in [0, 0.1) is 5.82 Å². The number of benzene rings is 1. The van der Waals surface area contributed by atoms with Crippen LogP contribution in [0.3, 0.4) is 0 Å². The molecule has 1 aromatic carbocycles. The van der Waals surface area contributed by atoms with Crippen molar-refractivity contribution in [1.82, 2.24) is 10.3 Å². The molecule has 8 nitrogen and oxygen atoms in total. The van der Waals surface area contributed by atoms with Gasteiger partial charge in [0.2, 0.25) is 0 Å². The lowest BCUT2D eigenvalue weighted by molar-refractivity contribution is -0.0261. The largest absolute Gasteiger partial charge is 0.462 e. The third-order valence-electron chi connectivity index (χ3n) is 6.81. The number of amides is 1. The van der Waals surface area contributed by atoms with Gasteiger partial charge in [0.05, 0.1) is 36.7 Å². The van der Waals surface area contributed by atoms with Crippen LogP contribution in [-0.4, -0.2) is 59.9 Å². The number of aliphatic hydroxyl groups excluding tert-OH is 1. The maximum Gasteiger partial charge on any atom is 0.270 e. The summed E-state index contributed by atoms with van der Waals surface area (Å²) in [5.74, 6) is -1.22. The minimum atomic E-state index is -0.783. The number of Topliss-reactive ketones (excluding diaryl/α,β-unsaturated/α-hetero) is 1. The highest BCUT2D eigenvalue weighted by atomic mass is 19.1. The molecule has 0 bridgehead atoms. The van der Waals surface area contributed by atoms with Crippen molar-refractivity contribution in [2.75, 3.05) is 19.8 Å². The van der Waals surface area contributed by atoms with Gasteiger partial charge in [0.15, 0.2) is 11.4 Å². The van der Waals surface area contributed by atoms with Crippen molar-refractivity contribution < 1.29 is 33.0 Å². The van der Waals surface area contributed by atoms with E-state index in [-0.39, 0.29) is 42.6 Å². The van der Waals surface area contributed by atoms with Crippen LogP contribution >= 0.6 is 0 Å². The third-order valence-corrected chi connectivity index (χ3v) is 6.81. The summed E-state index contributed by atoms with van der Waals surface area (Å²) in [4.78, 5) is 29.8. The summed E-state index contributed by atoms with van der Waals surface area (Å²) in [7, 11) is 0. The lowest BCUT2D eigenvalue weighted by Crippen LogP contribution is -2.48. The second kappa shape index (κ2) is 10.9. The summed E-state index contributed by atoms with van der Waals surface area (Å²) in [6.07, 6.45) is 4.37. The van der Waals surface area contributed by atoms with Crippen LogP contribution in [0.2, 0.25) is 0 Å². The van der Waals surface area contributed by atoms with Crippen LogP contribution in [0.5, 0.6) is 0 Å². The Morgan fingerprint density at radius 3 is 2.83 bits per heavy atom. The van der Waals surface area contributed by atoms with Crippen molar-refractivity contribution >= 4 is 22.8 Å². The first-order chi connectivity index (χ1) is 17.5. The zero-order chi connectivity index (χ0) is 25.1. The van der Waals surface area contributed by atoms with Crippen molar-refractivity contribution in [3.05, 3.63) is 64.8 Å². The molecule has 2 aromatic heterocycles. The van der Waals surface area contributed by atoms with Gasteiger partial charge in [0, 0.05) is 37.7 Å². The zero-order valence-corrected chi connectivity index (χ0v) is 19.9. The third kappa shape index (κ3) is 5.48. The molecule has 9 heteroatoms. The van der Waals surface area contributed by atoms with Crippen LogP contribution in [0.25, 0.3) is 11.1 Å². The molecule has 0 spiro atoms. The summed E-state index contributed by atoms with van der Waals surface area (Å²) in [6.45, 7) is 1.35.